The topological polar surface area (TPSA) is 46.3 Å². The zero-order valence-corrected chi connectivity index (χ0v) is 11.0. The fourth-order valence-corrected chi connectivity index (χ4v) is 2.44. The molecule has 90 valence electrons. The number of rotatable bonds is 2. The Labute approximate surface area is 112 Å². The van der Waals surface area contributed by atoms with Gasteiger partial charge >= 0.3 is 0 Å². The molecule has 0 saturated carbocycles. The molecule has 0 aliphatic carbocycles. The van der Waals surface area contributed by atoms with Crippen molar-refractivity contribution in [3.05, 3.63) is 64.7 Å². The van der Waals surface area contributed by atoms with Crippen molar-refractivity contribution in [3.8, 4) is 0 Å². The fourth-order valence-electron chi connectivity index (χ4n) is 1.89. The van der Waals surface area contributed by atoms with Gasteiger partial charge in [-0.1, -0.05) is 18.2 Å². The second-order valence-corrected chi connectivity index (χ2v) is 4.86. The van der Waals surface area contributed by atoms with Crippen LogP contribution in [0.25, 0.3) is 10.9 Å². The lowest BCUT2D eigenvalue weighted by atomic mass is 10.1. The Hall–Kier alpha value is -1.65. The van der Waals surface area contributed by atoms with Gasteiger partial charge in [-0.2, -0.15) is 0 Å². The SMILES string of the molecule is OC(c1ccoc1)c1nc2ccccc2cc1Br. The molecule has 1 unspecified atom stereocenters. The number of furan rings is 1. The molecule has 0 saturated heterocycles. The Balaban J connectivity index is 2.14. The van der Waals surface area contributed by atoms with Crippen LogP contribution in [-0.4, -0.2) is 10.1 Å². The Morgan fingerprint density at radius 3 is 2.83 bits per heavy atom. The van der Waals surface area contributed by atoms with Gasteiger partial charge in [-0.05, 0) is 34.1 Å². The second kappa shape index (κ2) is 4.55. The summed E-state index contributed by atoms with van der Waals surface area (Å²) >= 11 is 3.45. The molecule has 0 spiro atoms. The van der Waals surface area contributed by atoms with Crippen LogP contribution >= 0.6 is 15.9 Å². The Morgan fingerprint density at radius 1 is 1.22 bits per heavy atom. The molecule has 1 atom stereocenters. The molecule has 1 aromatic carbocycles. The molecule has 2 aromatic heterocycles. The molecule has 3 nitrogen and oxygen atoms in total. The van der Waals surface area contributed by atoms with Gasteiger partial charge in [0.15, 0.2) is 0 Å². The monoisotopic (exact) mass is 303 g/mol. The maximum atomic E-state index is 10.3. The van der Waals surface area contributed by atoms with E-state index in [4.69, 9.17) is 4.42 Å². The molecule has 18 heavy (non-hydrogen) atoms. The average molecular weight is 304 g/mol. The third-order valence-corrected chi connectivity index (χ3v) is 3.46. The standard InChI is InChI=1S/C14H10BrNO2/c15-11-7-9-3-1-2-4-12(9)16-13(11)14(17)10-5-6-18-8-10/h1-8,14,17H. The van der Waals surface area contributed by atoms with E-state index in [1.165, 1.54) is 12.5 Å². The number of aliphatic hydroxyl groups is 1. The first-order valence-corrected chi connectivity index (χ1v) is 6.30. The van der Waals surface area contributed by atoms with E-state index in [9.17, 15) is 5.11 Å². The molecule has 0 amide bonds. The molecule has 3 rings (SSSR count). The van der Waals surface area contributed by atoms with Crippen molar-refractivity contribution in [1.82, 2.24) is 4.98 Å². The summed E-state index contributed by atoms with van der Waals surface area (Å²) in [5, 5.41) is 11.3. The predicted molar refractivity (Wildman–Crippen MR) is 72.2 cm³/mol. The van der Waals surface area contributed by atoms with Gasteiger partial charge in [0.05, 0.1) is 23.7 Å². The number of nitrogens with zero attached hydrogens (tertiary/aromatic N) is 1. The molecule has 1 N–H and O–H groups in total. The predicted octanol–water partition coefficient (Wildman–Crippen LogP) is 3.67. The third kappa shape index (κ3) is 1.94. The van der Waals surface area contributed by atoms with Gasteiger partial charge in [-0.25, -0.2) is 4.98 Å². The van der Waals surface area contributed by atoms with Gasteiger partial charge in [0, 0.05) is 15.4 Å². The second-order valence-electron chi connectivity index (χ2n) is 4.01. The Kier molecular flexibility index (Phi) is 2.89. The smallest absolute Gasteiger partial charge is 0.125 e. The summed E-state index contributed by atoms with van der Waals surface area (Å²) in [6.07, 6.45) is 2.27. The number of benzene rings is 1. The zero-order chi connectivity index (χ0) is 12.5. The van der Waals surface area contributed by atoms with Crippen LogP contribution in [0.4, 0.5) is 0 Å². The summed E-state index contributed by atoms with van der Waals surface area (Å²) in [6.45, 7) is 0. The van der Waals surface area contributed by atoms with E-state index in [1.807, 2.05) is 30.3 Å². The lowest BCUT2D eigenvalue weighted by Gasteiger charge is -2.11. The normalized spacial score (nSPS) is 12.8. The van der Waals surface area contributed by atoms with Crippen molar-refractivity contribution in [2.45, 2.75) is 6.10 Å². The number of halogens is 1. The minimum atomic E-state index is -0.789. The third-order valence-electron chi connectivity index (χ3n) is 2.82. The van der Waals surface area contributed by atoms with Crippen molar-refractivity contribution >= 4 is 26.8 Å². The van der Waals surface area contributed by atoms with E-state index < -0.39 is 6.10 Å². The first-order valence-electron chi connectivity index (χ1n) is 5.51. The van der Waals surface area contributed by atoms with E-state index in [-0.39, 0.29) is 0 Å². The van der Waals surface area contributed by atoms with E-state index in [1.54, 1.807) is 6.07 Å². The van der Waals surface area contributed by atoms with E-state index in [2.05, 4.69) is 20.9 Å². The zero-order valence-electron chi connectivity index (χ0n) is 9.38. The largest absolute Gasteiger partial charge is 0.472 e. The number of para-hydroxylation sites is 1. The van der Waals surface area contributed by atoms with Crippen LogP contribution in [0.5, 0.6) is 0 Å². The minimum Gasteiger partial charge on any atom is -0.472 e. The molecule has 0 aliphatic rings. The first kappa shape index (κ1) is 11.4. The Morgan fingerprint density at radius 2 is 2.06 bits per heavy atom. The summed E-state index contributed by atoms with van der Waals surface area (Å²) in [5.41, 5.74) is 2.15. The number of aliphatic hydroxyl groups excluding tert-OH is 1. The summed E-state index contributed by atoms with van der Waals surface area (Å²) in [6, 6.07) is 11.5. The minimum absolute atomic E-state index is 0.593. The van der Waals surface area contributed by atoms with Crippen LogP contribution < -0.4 is 0 Å². The molecule has 4 heteroatoms. The van der Waals surface area contributed by atoms with Crippen molar-refractivity contribution < 1.29 is 9.52 Å². The molecule has 3 aromatic rings. The number of aromatic nitrogens is 1. The first-order chi connectivity index (χ1) is 8.75. The fraction of sp³-hybridized carbons (Fsp3) is 0.0714. The van der Waals surface area contributed by atoms with Gasteiger partial charge in [0.1, 0.15) is 6.10 Å². The summed E-state index contributed by atoms with van der Waals surface area (Å²) in [4.78, 5) is 4.49. The van der Waals surface area contributed by atoms with Crippen LogP contribution in [-0.2, 0) is 0 Å². The van der Waals surface area contributed by atoms with E-state index in [0.717, 1.165) is 15.4 Å². The van der Waals surface area contributed by atoms with Gasteiger partial charge in [-0.3, -0.25) is 0 Å². The van der Waals surface area contributed by atoms with E-state index in [0.29, 0.717) is 11.3 Å². The lowest BCUT2D eigenvalue weighted by molar-refractivity contribution is 0.214. The van der Waals surface area contributed by atoms with Gasteiger partial charge in [0.25, 0.3) is 0 Å². The Bertz CT molecular complexity index is 679. The number of pyridine rings is 1. The maximum absolute atomic E-state index is 10.3. The highest BCUT2D eigenvalue weighted by Crippen LogP contribution is 2.29. The van der Waals surface area contributed by atoms with E-state index >= 15 is 0 Å². The summed E-state index contributed by atoms with van der Waals surface area (Å²) < 4.78 is 5.77. The average Bonchev–Trinajstić information content (AvgIpc) is 2.91. The van der Waals surface area contributed by atoms with Crippen LogP contribution in [0.1, 0.15) is 17.4 Å². The highest BCUT2D eigenvalue weighted by atomic mass is 79.9. The van der Waals surface area contributed by atoms with Crippen molar-refractivity contribution in [2.75, 3.05) is 0 Å². The highest BCUT2D eigenvalue weighted by Gasteiger charge is 2.17. The van der Waals surface area contributed by atoms with Crippen molar-refractivity contribution in [1.29, 1.82) is 0 Å². The van der Waals surface area contributed by atoms with Crippen molar-refractivity contribution in [3.63, 3.8) is 0 Å². The number of fused-ring (bicyclic) bond motifs is 1. The van der Waals surface area contributed by atoms with Crippen molar-refractivity contribution in [2.24, 2.45) is 0 Å². The molecule has 0 bridgehead atoms. The number of hydrogen-bond donors (Lipinski definition) is 1. The quantitative estimate of drug-likeness (QED) is 0.785. The summed E-state index contributed by atoms with van der Waals surface area (Å²) in [7, 11) is 0. The van der Waals surface area contributed by atoms with Gasteiger partial charge < -0.3 is 9.52 Å². The van der Waals surface area contributed by atoms with Gasteiger partial charge in [-0.15, -0.1) is 0 Å². The molecular weight excluding hydrogens is 294 g/mol. The molecule has 0 aliphatic heterocycles. The van der Waals surface area contributed by atoms with Crippen LogP contribution in [0.2, 0.25) is 0 Å². The lowest BCUT2D eigenvalue weighted by Crippen LogP contribution is -2.02. The molecular formula is C14H10BrNO2. The summed E-state index contributed by atoms with van der Waals surface area (Å²) in [5.74, 6) is 0. The highest BCUT2D eigenvalue weighted by molar-refractivity contribution is 9.10. The molecule has 0 radical (unpaired) electrons. The van der Waals surface area contributed by atoms with Gasteiger partial charge in [0.2, 0.25) is 0 Å². The molecule has 2 heterocycles. The van der Waals surface area contributed by atoms with Crippen LogP contribution in [0.3, 0.4) is 0 Å². The maximum Gasteiger partial charge on any atom is 0.125 e. The molecule has 0 fully saturated rings. The van der Waals surface area contributed by atoms with Crippen LogP contribution in [0, 0.1) is 0 Å². The number of hydrogen-bond acceptors (Lipinski definition) is 3. The van der Waals surface area contributed by atoms with Crippen LogP contribution in [0.15, 0.2) is 57.8 Å².